The number of carbonyl (C=O) groups excluding carboxylic acids is 1. The Morgan fingerprint density at radius 2 is 1.33 bits per heavy atom. The Morgan fingerprint density at radius 1 is 0.744 bits per heavy atom. The molecule has 1 amide bonds. The summed E-state index contributed by atoms with van der Waals surface area (Å²) in [7, 11) is -6.38. The molecule has 0 aliphatic carbocycles. The zero-order valence-electron chi connectivity index (χ0n) is 20.1. The first-order valence-electron chi connectivity index (χ1n) is 11.1. The molecule has 0 heterocycles. The van der Waals surface area contributed by atoms with Crippen molar-refractivity contribution in [2.24, 2.45) is 0 Å². The van der Waals surface area contributed by atoms with Gasteiger partial charge in [0.2, 0.25) is 0 Å². The Kier molecular flexibility index (Phi) is 8.43. The van der Waals surface area contributed by atoms with Gasteiger partial charge in [-0.15, -0.1) is 0 Å². The van der Waals surface area contributed by atoms with Gasteiger partial charge in [-0.2, -0.15) is 0 Å². The summed E-state index contributed by atoms with van der Waals surface area (Å²) < 4.78 is 54.7. The Balaban J connectivity index is 1.43. The number of carbonyl (C=O) groups is 1. The lowest BCUT2D eigenvalue weighted by Gasteiger charge is -2.20. The molecule has 4 aromatic rings. The van der Waals surface area contributed by atoms with E-state index in [9.17, 15) is 21.6 Å². The lowest BCUT2D eigenvalue weighted by molar-refractivity contribution is 0.102. The van der Waals surface area contributed by atoms with E-state index < -0.39 is 26.0 Å². The minimum absolute atomic E-state index is 0.0502. The van der Waals surface area contributed by atoms with Gasteiger partial charge < -0.3 is 5.32 Å². The Labute approximate surface area is 241 Å². The average molecular weight is 625 g/mol. The summed E-state index contributed by atoms with van der Waals surface area (Å²) in [6, 6.07) is 21.9. The Morgan fingerprint density at radius 3 is 1.95 bits per heavy atom. The Hall–Kier alpha value is -3.28. The minimum Gasteiger partial charge on any atom is -0.322 e. The largest absolute Gasteiger partial charge is 0.322 e. The fraction of sp³-hybridized carbons (Fsp3) is 0.0385. The van der Waals surface area contributed by atoms with Crippen molar-refractivity contribution < 1.29 is 21.6 Å². The number of nitrogens with one attached hydrogen (secondary N) is 2. The van der Waals surface area contributed by atoms with Gasteiger partial charge >= 0.3 is 0 Å². The predicted octanol–water partition coefficient (Wildman–Crippen LogP) is 6.53. The van der Waals surface area contributed by atoms with Crippen molar-refractivity contribution in [1.29, 1.82) is 0 Å². The van der Waals surface area contributed by atoms with E-state index in [4.69, 9.17) is 34.8 Å². The molecule has 0 saturated carbocycles. The number of amides is 1. The van der Waals surface area contributed by atoms with Gasteiger partial charge in [0.15, 0.2) is 0 Å². The highest BCUT2D eigenvalue weighted by Gasteiger charge is 2.22. The molecule has 39 heavy (non-hydrogen) atoms. The van der Waals surface area contributed by atoms with Gasteiger partial charge in [0.1, 0.15) is 0 Å². The van der Waals surface area contributed by atoms with Crippen LogP contribution in [0.15, 0.2) is 101 Å². The summed E-state index contributed by atoms with van der Waals surface area (Å²) in [5, 5.41) is 3.38. The highest BCUT2D eigenvalue weighted by Crippen LogP contribution is 2.31. The van der Waals surface area contributed by atoms with E-state index in [1.54, 1.807) is 6.07 Å². The minimum atomic E-state index is -3.96. The van der Waals surface area contributed by atoms with Crippen LogP contribution in [-0.4, -0.2) is 29.8 Å². The molecule has 13 heteroatoms. The number of nitrogens with zero attached hydrogens (tertiary/aromatic N) is 1. The van der Waals surface area contributed by atoms with Gasteiger partial charge in [0.25, 0.3) is 26.0 Å². The van der Waals surface area contributed by atoms with Crippen molar-refractivity contribution >= 4 is 77.8 Å². The topological polar surface area (TPSA) is 113 Å². The molecule has 0 saturated heterocycles. The van der Waals surface area contributed by atoms with Crippen molar-refractivity contribution in [2.75, 3.05) is 21.4 Å². The number of hydrogen-bond acceptors (Lipinski definition) is 5. The molecule has 0 fully saturated rings. The summed E-state index contributed by atoms with van der Waals surface area (Å²) in [6.45, 7) is 0. The van der Waals surface area contributed by atoms with Gasteiger partial charge in [0, 0.05) is 23.3 Å². The van der Waals surface area contributed by atoms with Crippen LogP contribution in [0.5, 0.6) is 0 Å². The van der Waals surface area contributed by atoms with Crippen molar-refractivity contribution in [3.05, 3.63) is 112 Å². The second-order valence-corrected chi connectivity index (χ2v) is 13.0. The lowest BCUT2D eigenvalue weighted by Crippen LogP contribution is -2.26. The first kappa shape index (κ1) is 28.7. The SMILES string of the molecule is CN(c1ccc(C(=O)Nc2ccc(S(=O)(=O)Nc3cccc(Cl)c3Cl)cc2)cc1)S(=O)(=O)c1ccc(Cl)cc1. The molecule has 4 rings (SSSR count). The third-order valence-corrected chi connectivity index (χ3v) is 9.84. The third-order valence-electron chi connectivity index (χ3n) is 5.58. The molecule has 0 radical (unpaired) electrons. The van der Waals surface area contributed by atoms with Crippen LogP contribution in [0.2, 0.25) is 15.1 Å². The maximum absolute atomic E-state index is 12.9. The maximum Gasteiger partial charge on any atom is 0.264 e. The fourth-order valence-electron chi connectivity index (χ4n) is 3.43. The van der Waals surface area contributed by atoms with Gasteiger partial charge in [0.05, 0.1) is 31.2 Å². The zero-order chi connectivity index (χ0) is 28.4. The van der Waals surface area contributed by atoms with Crippen molar-refractivity contribution in [1.82, 2.24) is 0 Å². The molecular formula is C26H20Cl3N3O5S2. The number of benzene rings is 4. The van der Waals surface area contributed by atoms with E-state index in [0.717, 1.165) is 4.31 Å². The van der Waals surface area contributed by atoms with Crippen LogP contribution in [0.25, 0.3) is 0 Å². The molecule has 0 aliphatic heterocycles. The molecule has 2 N–H and O–H groups in total. The molecule has 4 aromatic carbocycles. The molecular weight excluding hydrogens is 605 g/mol. The van der Waals surface area contributed by atoms with Crippen LogP contribution in [0.3, 0.4) is 0 Å². The van der Waals surface area contributed by atoms with E-state index >= 15 is 0 Å². The molecule has 0 spiro atoms. The van der Waals surface area contributed by atoms with Gasteiger partial charge in [-0.3, -0.25) is 13.8 Å². The highest BCUT2D eigenvalue weighted by atomic mass is 35.5. The average Bonchev–Trinajstić information content (AvgIpc) is 2.91. The summed E-state index contributed by atoms with van der Waals surface area (Å²) in [5.74, 6) is -0.468. The first-order chi connectivity index (χ1) is 18.4. The predicted molar refractivity (Wildman–Crippen MR) is 155 cm³/mol. The highest BCUT2D eigenvalue weighted by molar-refractivity contribution is 7.93. The normalized spacial score (nSPS) is 11.6. The van der Waals surface area contributed by atoms with Crippen LogP contribution in [0.1, 0.15) is 10.4 Å². The lowest BCUT2D eigenvalue weighted by atomic mass is 10.2. The Bertz CT molecular complexity index is 1730. The monoisotopic (exact) mass is 623 g/mol. The quantitative estimate of drug-likeness (QED) is 0.232. The molecule has 0 unspecified atom stereocenters. The van der Waals surface area contributed by atoms with E-state index in [2.05, 4.69) is 10.0 Å². The van der Waals surface area contributed by atoms with Crippen LogP contribution in [0, 0.1) is 0 Å². The van der Waals surface area contributed by atoms with Crippen LogP contribution >= 0.6 is 34.8 Å². The molecule has 0 aliphatic rings. The van der Waals surface area contributed by atoms with E-state index in [-0.39, 0.29) is 31.1 Å². The maximum atomic E-state index is 12.9. The first-order valence-corrected chi connectivity index (χ1v) is 15.2. The van der Waals surface area contributed by atoms with Crippen LogP contribution in [-0.2, 0) is 20.0 Å². The number of anilines is 3. The van der Waals surface area contributed by atoms with E-state index in [1.165, 1.54) is 92.0 Å². The third kappa shape index (κ3) is 6.48. The summed E-state index contributed by atoms with van der Waals surface area (Å²) in [4.78, 5) is 12.8. The van der Waals surface area contributed by atoms with Gasteiger partial charge in [-0.05, 0) is 84.9 Å². The van der Waals surface area contributed by atoms with E-state index in [1.807, 2.05) is 0 Å². The molecule has 0 bridgehead atoms. The number of sulfonamides is 2. The van der Waals surface area contributed by atoms with Crippen molar-refractivity contribution in [3.63, 3.8) is 0 Å². The van der Waals surface area contributed by atoms with Crippen LogP contribution in [0.4, 0.5) is 17.1 Å². The van der Waals surface area contributed by atoms with Gasteiger partial charge in [-0.25, -0.2) is 16.8 Å². The second-order valence-electron chi connectivity index (χ2n) is 8.16. The van der Waals surface area contributed by atoms with Crippen LogP contribution < -0.4 is 14.3 Å². The molecule has 8 nitrogen and oxygen atoms in total. The van der Waals surface area contributed by atoms with Crippen molar-refractivity contribution in [3.8, 4) is 0 Å². The summed E-state index contributed by atoms with van der Waals surface area (Å²) >= 11 is 17.9. The molecule has 0 atom stereocenters. The standard InChI is InChI=1S/C26H20Cl3N3O5S2/c1-32(39(36,37)22-13-7-18(27)8-14-22)20-11-5-17(6-12-20)26(33)30-19-9-15-21(16-10-19)38(34,35)31-24-4-2-3-23(28)25(24)29/h2-16,31H,1H3,(H,30,33). The molecule has 202 valence electrons. The summed E-state index contributed by atoms with van der Waals surface area (Å²) in [6.07, 6.45) is 0. The second kappa shape index (κ2) is 11.4. The number of halogens is 3. The van der Waals surface area contributed by atoms with E-state index in [0.29, 0.717) is 16.4 Å². The van der Waals surface area contributed by atoms with Gasteiger partial charge in [-0.1, -0.05) is 40.9 Å². The summed E-state index contributed by atoms with van der Waals surface area (Å²) in [5.41, 5.74) is 1.11. The number of rotatable bonds is 8. The zero-order valence-corrected chi connectivity index (χ0v) is 24.0. The smallest absolute Gasteiger partial charge is 0.264 e. The fourth-order valence-corrected chi connectivity index (χ4v) is 6.23. The number of hydrogen-bond donors (Lipinski definition) is 2. The van der Waals surface area contributed by atoms with Crippen molar-refractivity contribution in [2.45, 2.75) is 9.79 Å². The molecule has 0 aromatic heterocycles.